The summed E-state index contributed by atoms with van der Waals surface area (Å²) in [5.41, 5.74) is 0. The standard InChI is InChI=1S/6C4H9.2Al/c6*1-4(2)3;;/h3*1-3H3;3*4H,1H2,2-3H3;;. The minimum atomic E-state index is -0.799. The second-order valence-electron chi connectivity index (χ2n) is 13.3. The molecule has 0 unspecified atom stereocenters. The van der Waals surface area contributed by atoms with Crippen molar-refractivity contribution < 1.29 is 0 Å². The van der Waals surface area contributed by atoms with Crippen molar-refractivity contribution in [2.75, 3.05) is 0 Å². The van der Waals surface area contributed by atoms with E-state index < -0.39 is 28.3 Å². The van der Waals surface area contributed by atoms with E-state index in [9.17, 15) is 0 Å². The van der Waals surface area contributed by atoms with Crippen molar-refractivity contribution in [2.24, 2.45) is 17.8 Å². The van der Waals surface area contributed by atoms with Crippen LogP contribution in [0.4, 0.5) is 0 Å². The Morgan fingerprint density at radius 2 is 0.654 bits per heavy atom. The lowest BCUT2D eigenvalue weighted by atomic mass is 10.2. The summed E-state index contributed by atoms with van der Waals surface area (Å²) in [4.78, 5) is 0. The lowest BCUT2D eigenvalue weighted by molar-refractivity contribution is 0.568. The van der Waals surface area contributed by atoms with Gasteiger partial charge >= 0.3 is 0 Å². The van der Waals surface area contributed by atoms with Gasteiger partial charge in [0.25, 0.3) is 28.3 Å². The van der Waals surface area contributed by atoms with Gasteiger partial charge in [-0.3, -0.25) is 0 Å². The Labute approximate surface area is 178 Å². The van der Waals surface area contributed by atoms with Crippen molar-refractivity contribution >= 4 is 28.3 Å². The van der Waals surface area contributed by atoms with Crippen LogP contribution in [0.5, 0.6) is 0 Å². The van der Waals surface area contributed by atoms with Crippen LogP contribution in [0, 0.1) is 17.8 Å². The molecule has 0 heterocycles. The zero-order valence-electron chi connectivity index (χ0n) is 21.5. The van der Waals surface area contributed by atoms with E-state index in [1.807, 2.05) is 0 Å². The smallest absolute Gasteiger partial charge is 0.0915 e. The van der Waals surface area contributed by atoms with Crippen LogP contribution >= 0.6 is 0 Å². The van der Waals surface area contributed by atoms with E-state index >= 15 is 0 Å². The van der Waals surface area contributed by atoms with Gasteiger partial charge in [-0.1, -0.05) is 150 Å². The van der Waals surface area contributed by atoms with Crippen LogP contribution < -0.4 is 0 Å². The third-order valence-electron chi connectivity index (χ3n) is 5.01. The zero-order valence-corrected chi connectivity index (χ0v) is 23.8. The summed E-state index contributed by atoms with van der Waals surface area (Å²) in [7, 11) is 0. The van der Waals surface area contributed by atoms with Crippen LogP contribution in [0.15, 0.2) is 0 Å². The molecule has 0 N–H and O–H groups in total. The largest absolute Gasteiger partial charge is 0.279 e. The number of hydrogen-bond donors (Lipinski definition) is 0. The van der Waals surface area contributed by atoms with Crippen molar-refractivity contribution in [2.45, 2.75) is 133 Å². The molecule has 0 atom stereocenters. The first kappa shape index (κ1) is 29.3. The Hall–Kier alpha value is 1.06. The van der Waals surface area contributed by atoms with Gasteiger partial charge in [-0.25, -0.2) is 0 Å². The van der Waals surface area contributed by atoms with Crippen LogP contribution in [0.1, 0.15) is 104 Å². The van der Waals surface area contributed by atoms with Crippen molar-refractivity contribution in [3.05, 3.63) is 0 Å². The topological polar surface area (TPSA) is 0 Å². The molecule has 0 fully saturated rings. The molecule has 0 saturated carbocycles. The molecule has 0 aromatic carbocycles. The van der Waals surface area contributed by atoms with Gasteiger partial charge in [0.1, 0.15) is 0 Å². The Balaban J connectivity index is 0. The molecule has 26 heavy (non-hydrogen) atoms. The van der Waals surface area contributed by atoms with E-state index in [0.29, 0.717) is 12.8 Å². The molecule has 2 heteroatoms. The summed E-state index contributed by atoms with van der Waals surface area (Å²) in [5, 5.41) is 4.66. The Kier molecular flexibility index (Phi) is 13.4. The third-order valence-corrected chi connectivity index (χ3v) is 15.0. The van der Waals surface area contributed by atoms with E-state index in [1.54, 1.807) is 15.8 Å². The van der Waals surface area contributed by atoms with Crippen LogP contribution in [-0.2, 0) is 0 Å². The fourth-order valence-electron chi connectivity index (χ4n) is 6.19. The average molecular weight is 397 g/mol. The van der Waals surface area contributed by atoms with Crippen LogP contribution in [0.3, 0.4) is 0 Å². The maximum absolute atomic E-state index is 2.42. The molecule has 156 valence electrons. The van der Waals surface area contributed by atoms with E-state index in [4.69, 9.17) is 0 Å². The highest BCUT2D eigenvalue weighted by molar-refractivity contribution is 6.68. The highest BCUT2D eigenvalue weighted by atomic mass is 27.2. The van der Waals surface area contributed by atoms with E-state index in [-0.39, 0.29) is 0 Å². The van der Waals surface area contributed by atoms with E-state index in [2.05, 4.69) is 104 Å². The first-order chi connectivity index (χ1) is 11.3. The molecule has 0 amide bonds. The fourth-order valence-corrected chi connectivity index (χ4v) is 18.6. The molecule has 0 nitrogen and oxygen atoms in total. The molecular formula is C24H54Al2. The van der Waals surface area contributed by atoms with Crippen molar-refractivity contribution in [1.29, 1.82) is 0 Å². The van der Waals surface area contributed by atoms with Crippen molar-refractivity contribution in [1.82, 2.24) is 0 Å². The Morgan fingerprint density at radius 3 is 0.731 bits per heavy atom. The van der Waals surface area contributed by atoms with Crippen LogP contribution in [-0.4, -0.2) is 28.3 Å². The minimum Gasteiger partial charge on any atom is -0.0915 e. The van der Waals surface area contributed by atoms with Crippen molar-refractivity contribution in [3.8, 4) is 0 Å². The van der Waals surface area contributed by atoms with Crippen LogP contribution in [0.2, 0.25) is 28.7 Å². The predicted octanol–water partition coefficient (Wildman–Crippen LogP) is 9.33. The highest BCUT2D eigenvalue weighted by Gasteiger charge is 2.48. The number of rotatable bonds is 6. The molecule has 0 spiro atoms. The lowest BCUT2D eigenvalue weighted by Crippen LogP contribution is -2.42. The summed E-state index contributed by atoms with van der Waals surface area (Å²) in [6.07, 6.45) is 0. The first-order valence-electron chi connectivity index (χ1n) is 11.3. The van der Waals surface area contributed by atoms with Gasteiger partial charge in [-0.05, 0) is 0 Å². The van der Waals surface area contributed by atoms with Gasteiger partial charge in [-0.2, -0.15) is 0 Å². The maximum atomic E-state index is 2.42. The first-order valence-corrected chi connectivity index (χ1v) is 15.5. The summed E-state index contributed by atoms with van der Waals surface area (Å²) < 4.78 is 1.57. The minimum absolute atomic E-state index is 0.407. The third kappa shape index (κ3) is 15.0. The normalized spacial score (nSPS) is 13.2. The predicted molar refractivity (Wildman–Crippen MR) is 130 cm³/mol. The second-order valence-corrected chi connectivity index (χ2v) is 22.5. The van der Waals surface area contributed by atoms with Crippen LogP contribution in [0.25, 0.3) is 0 Å². The molecule has 0 aliphatic heterocycles. The summed E-state index contributed by atoms with van der Waals surface area (Å²) in [6.45, 7) is 36.0. The summed E-state index contributed by atoms with van der Waals surface area (Å²) >= 11 is -1.21. The molecule has 0 rings (SSSR count). The van der Waals surface area contributed by atoms with Gasteiger partial charge < -0.3 is 0 Å². The molecule has 0 aromatic heterocycles. The SMILES string of the molecule is CC(C)[CH2][Al]([CH2]C(C)C)[CH2]C(C)C.C[C](C)(C)[Al]([C](C)(C)C)[C](C)(C)C. The lowest BCUT2D eigenvalue weighted by Gasteiger charge is -2.44. The van der Waals surface area contributed by atoms with E-state index in [1.165, 1.54) is 0 Å². The molecular weight excluding hydrogens is 342 g/mol. The molecule has 0 bridgehead atoms. The maximum Gasteiger partial charge on any atom is 0.279 e. The monoisotopic (exact) mass is 396 g/mol. The van der Waals surface area contributed by atoms with Gasteiger partial charge in [-0.15, -0.1) is 0 Å². The quantitative estimate of drug-likeness (QED) is 0.392. The second kappa shape index (κ2) is 11.9. The highest BCUT2D eigenvalue weighted by Crippen LogP contribution is 2.52. The summed E-state index contributed by atoms with van der Waals surface area (Å²) in [5.74, 6) is 2.78. The molecule has 0 aliphatic rings. The zero-order chi connectivity index (χ0) is 21.5. The average Bonchev–Trinajstić information content (AvgIpc) is 2.18. The molecule has 0 aromatic rings. The Morgan fingerprint density at radius 1 is 0.462 bits per heavy atom. The Bertz CT molecular complexity index is 291. The van der Waals surface area contributed by atoms with Gasteiger partial charge in [0.15, 0.2) is 0 Å². The molecule has 0 radical (unpaired) electrons. The van der Waals surface area contributed by atoms with Gasteiger partial charge in [0.05, 0.1) is 0 Å². The summed E-state index contributed by atoms with van der Waals surface area (Å²) in [6, 6.07) is 0. The fraction of sp³-hybridized carbons (Fsp3) is 1.00. The van der Waals surface area contributed by atoms with E-state index in [0.717, 1.165) is 17.8 Å². The van der Waals surface area contributed by atoms with Crippen molar-refractivity contribution in [3.63, 3.8) is 0 Å². The number of hydrogen-bond acceptors (Lipinski definition) is 0. The molecule has 0 saturated heterocycles. The van der Waals surface area contributed by atoms with Gasteiger partial charge in [0, 0.05) is 0 Å². The van der Waals surface area contributed by atoms with Gasteiger partial charge in [0.2, 0.25) is 0 Å². The molecule has 0 aliphatic carbocycles.